The van der Waals surface area contributed by atoms with Gasteiger partial charge in [-0.15, -0.1) is 0 Å². The molecule has 0 amide bonds. The zero-order valence-electron chi connectivity index (χ0n) is 2.73. The summed E-state index contributed by atoms with van der Waals surface area (Å²) in [7, 11) is -1.81. The summed E-state index contributed by atoms with van der Waals surface area (Å²) in [5.74, 6) is 0. The van der Waals surface area contributed by atoms with Crippen LogP contribution in [0.1, 0.15) is 0 Å². The Bertz CT molecular complexity index is 32.5. The van der Waals surface area contributed by atoms with Crippen LogP contribution in [0.25, 0.3) is 0 Å². The number of alkyl halides is 2. The van der Waals surface area contributed by atoms with Crippen molar-refractivity contribution in [3.63, 3.8) is 0 Å². The maximum Gasteiger partial charge on any atom is 0.00432 e. The van der Waals surface area contributed by atoms with Crippen molar-refractivity contribution in [2.75, 3.05) is 0 Å². The van der Waals surface area contributed by atoms with Gasteiger partial charge in [0.2, 0.25) is 0 Å². The predicted molar refractivity (Wildman–Crippen MR) is 27.4 cm³/mol. The second-order valence-electron chi connectivity index (χ2n) is 0.703. The molecule has 0 saturated heterocycles. The monoisotopic (exact) mass is 214 g/mol. The maximum atomic E-state index is 9.58. The normalized spacial score (nSPS) is 9.50. The van der Waals surface area contributed by atoms with Gasteiger partial charge in [-0.2, -0.15) is 0 Å². The van der Waals surface area contributed by atoms with E-state index in [9.17, 15) is 10.0 Å². The molecule has 0 spiro atoms. The summed E-state index contributed by atoms with van der Waals surface area (Å²) < 4.78 is -0.634. The van der Waals surface area contributed by atoms with Gasteiger partial charge in [-0.25, -0.2) is 0 Å². The highest BCUT2D eigenvalue weighted by molar-refractivity contribution is 9.25. The van der Waals surface area contributed by atoms with Crippen molar-refractivity contribution in [1.29, 1.82) is 0 Å². The second-order valence-corrected chi connectivity index (χ2v) is 3.90. The lowest BCUT2D eigenvalue weighted by molar-refractivity contribution is -0.347. The van der Waals surface area contributed by atoms with Crippen LogP contribution in [0.15, 0.2) is 0 Å². The first-order chi connectivity index (χ1) is 2.64. The average molecular weight is 216 g/mol. The van der Waals surface area contributed by atoms with Gasteiger partial charge in [-0.05, 0) is 0 Å². The van der Waals surface area contributed by atoms with Gasteiger partial charge in [0.05, 0.1) is 0 Å². The van der Waals surface area contributed by atoms with Crippen molar-refractivity contribution in [2.24, 2.45) is 0 Å². The van der Waals surface area contributed by atoms with Crippen LogP contribution in [-0.2, 0) is 0 Å². The quantitative estimate of drug-likeness (QED) is 0.410. The van der Waals surface area contributed by atoms with Gasteiger partial charge in [0.15, 0.2) is 0 Å². The summed E-state index contributed by atoms with van der Waals surface area (Å²) in [5.41, 5.74) is 0. The number of halogens is 2. The van der Waals surface area contributed by atoms with Gasteiger partial charge in [-0.3, -0.25) is 0 Å². The number of hydrogen-bond acceptors (Lipinski definition) is 2. The summed E-state index contributed by atoms with van der Waals surface area (Å²) in [6.45, 7) is 0. The molecule has 0 N–H and O–H groups in total. The molecule has 0 aromatic carbocycles. The maximum absolute atomic E-state index is 9.58. The molecule has 0 fully saturated rings. The van der Waals surface area contributed by atoms with Crippen LogP contribution in [-0.4, -0.2) is 10.8 Å². The Morgan fingerprint density at radius 3 is 1.50 bits per heavy atom. The molecule has 0 radical (unpaired) electrons. The van der Waals surface area contributed by atoms with Crippen molar-refractivity contribution in [3.05, 3.63) is 0 Å². The molecule has 0 unspecified atom stereocenters. The molecule has 0 aliphatic rings. The summed E-state index contributed by atoms with van der Waals surface area (Å²) >= 11 is 5.46. The summed E-state index contributed by atoms with van der Waals surface area (Å²) in [6, 6.07) is 0. The smallest absolute Gasteiger partial charge is 0.00432 e. The van der Waals surface area contributed by atoms with E-state index in [1.165, 1.54) is 0 Å². The highest BCUT2D eigenvalue weighted by atomic mass is 79.9. The van der Waals surface area contributed by atoms with E-state index in [2.05, 4.69) is 31.9 Å². The van der Waals surface area contributed by atoms with E-state index in [0.717, 1.165) is 0 Å². The Hall–Kier alpha value is 0.945. The van der Waals surface area contributed by atoms with E-state index in [1.807, 2.05) is 0 Å². The molecule has 0 aliphatic carbocycles. The lowest BCUT2D eigenvalue weighted by Crippen LogP contribution is -2.50. The van der Waals surface area contributed by atoms with E-state index >= 15 is 0 Å². The largest absolute Gasteiger partial charge is 0.892 e. The molecular formula is CHBBr2O2-2. The first kappa shape index (κ1) is 6.94. The van der Waals surface area contributed by atoms with Crippen LogP contribution < -0.4 is 10.0 Å². The molecular weight excluding hydrogens is 215 g/mol. The van der Waals surface area contributed by atoms with Gasteiger partial charge in [-0.1, -0.05) is 39.0 Å². The molecule has 0 aromatic rings. The van der Waals surface area contributed by atoms with Crippen molar-refractivity contribution in [1.82, 2.24) is 0 Å². The summed E-state index contributed by atoms with van der Waals surface area (Å²) in [6.07, 6.45) is 0. The molecule has 0 rings (SSSR count). The lowest BCUT2D eigenvalue weighted by atomic mass is 9.98. The average Bonchev–Trinajstić information content (AvgIpc) is 1.36. The Morgan fingerprint density at radius 2 is 1.50 bits per heavy atom. The van der Waals surface area contributed by atoms with Crippen LogP contribution in [0.4, 0.5) is 0 Å². The molecule has 2 nitrogen and oxygen atoms in total. The highest BCUT2D eigenvalue weighted by Gasteiger charge is 1.86. The molecule has 0 aliphatic heterocycles. The molecule has 0 aromatic heterocycles. The van der Waals surface area contributed by atoms with Crippen LogP contribution in [0.2, 0.25) is 0 Å². The third-order valence-corrected chi connectivity index (χ3v) is 1.07. The number of hydrogen-bond donors (Lipinski definition) is 0. The van der Waals surface area contributed by atoms with Crippen LogP contribution >= 0.6 is 31.9 Å². The van der Waals surface area contributed by atoms with Crippen molar-refractivity contribution in [2.45, 2.75) is 3.64 Å². The molecule has 0 heterocycles. The molecule has 36 valence electrons. The molecule has 0 atom stereocenters. The fourth-order valence-electron chi connectivity index (χ4n) is 0. The Balaban J connectivity index is 2.99. The fourth-order valence-corrected chi connectivity index (χ4v) is 0. The first-order valence-corrected chi connectivity index (χ1v) is 3.07. The topological polar surface area (TPSA) is 46.1 Å². The fraction of sp³-hybridized carbons (Fsp3) is 1.00. The van der Waals surface area contributed by atoms with E-state index in [4.69, 9.17) is 0 Å². The van der Waals surface area contributed by atoms with Crippen LogP contribution in [0, 0.1) is 0 Å². The van der Waals surface area contributed by atoms with E-state index in [0.29, 0.717) is 0 Å². The molecule has 0 bridgehead atoms. The SMILES string of the molecule is [O-]B([O-])C(Br)Br. The molecule has 6 heavy (non-hydrogen) atoms. The predicted octanol–water partition coefficient (Wildman–Crippen LogP) is -1.15. The van der Waals surface area contributed by atoms with Gasteiger partial charge in [0.25, 0.3) is 0 Å². The van der Waals surface area contributed by atoms with Crippen molar-refractivity contribution < 1.29 is 10.0 Å². The first-order valence-electron chi connectivity index (χ1n) is 1.24. The van der Waals surface area contributed by atoms with Gasteiger partial charge in [0.1, 0.15) is 0 Å². The Morgan fingerprint density at radius 1 is 1.33 bits per heavy atom. The lowest BCUT2D eigenvalue weighted by Gasteiger charge is -2.27. The minimum atomic E-state index is -1.81. The van der Waals surface area contributed by atoms with Gasteiger partial charge >= 0.3 is 0 Å². The highest BCUT2D eigenvalue weighted by Crippen LogP contribution is 2.04. The van der Waals surface area contributed by atoms with E-state index < -0.39 is 10.8 Å². The zero-order valence-corrected chi connectivity index (χ0v) is 5.90. The minimum Gasteiger partial charge on any atom is -0.892 e. The molecule has 5 heteroatoms. The minimum absolute atomic E-state index is 0.634. The van der Waals surface area contributed by atoms with Crippen LogP contribution in [0.3, 0.4) is 0 Å². The third-order valence-electron chi connectivity index (χ3n) is 0.206. The third kappa shape index (κ3) is 3.15. The van der Waals surface area contributed by atoms with Crippen LogP contribution in [0.5, 0.6) is 0 Å². The number of rotatable bonds is 1. The molecule has 0 saturated carbocycles. The zero-order chi connectivity index (χ0) is 5.15. The summed E-state index contributed by atoms with van der Waals surface area (Å²) in [4.78, 5) is 0. The Kier molecular flexibility index (Phi) is 3.49. The standard InChI is InChI=1S/CHBBr2O2/c3-1(4)2(5)6/h1H/q-2. The van der Waals surface area contributed by atoms with Crippen molar-refractivity contribution >= 4 is 39.0 Å². The van der Waals surface area contributed by atoms with E-state index in [1.54, 1.807) is 0 Å². The van der Waals surface area contributed by atoms with Gasteiger partial charge in [0, 0.05) is 3.64 Å². The van der Waals surface area contributed by atoms with Gasteiger partial charge < -0.3 is 10.0 Å². The van der Waals surface area contributed by atoms with Crippen molar-refractivity contribution in [3.8, 4) is 0 Å². The van der Waals surface area contributed by atoms with E-state index in [-0.39, 0.29) is 0 Å². The second kappa shape index (κ2) is 3.01. The Labute approximate surface area is 53.0 Å². The summed E-state index contributed by atoms with van der Waals surface area (Å²) in [5, 5.41) is 19.2.